The monoisotopic (exact) mass is 282 g/mol. The number of hydrogen-bond donors (Lipinski definition) is 0. The van der Waals surface area contributed by atoms with Gasteiger partial charge in [-0.05, 0) is 24.5 Å². The lowest BCUT2D eigenvalue weighted by atomic mass is 10.1. The molecule has 0 unspecified atom stereocenters. The molecule has 0 aliphatic rings. The molecule has 1 aromatic carbocycles. The predicted molar refractivity (Wildman–Crippen MR) is 77.0 cm³/mol. The molecule has 2 rings (SSSR count). The topological polar surface area (TPSA) is 17.8 Å². The van der Waals surface area contributed by atoms with Crippen molar-refractivity contribution in [2.24, 2.45) is 0 Å². The third-order valence-electron chi connectivity index (χ3n) is 2.98. The van der Waals surface area contributed by atoms with E-state index in [2.05, 4.69) is 18.9 Å². The molecule has 0 fully saturated rings. The normalized spacial score (nSPS) is 11.2. The van der Waals surface area contributed by atoms with Crippen LogP contribution in [0.1, 0.15) is 36.6 Å². The Kier molecular flexibility index (Phi) is 3.98. The summed E-state index contributed by atoms with van der Waals surface area (Å²) in [6, 6.07) is 8.04. The third-order valence-corrected chi connectivity index (χ3v) is 3.63. The van der Waals surface area contributed by atoms with Crippen LogP contribution in [0.4, 0.5) is 0 Å². The smallest absolute Gasteiger partial charge is 0.137 e. The summed E-state index contributed by atoms with van der Waals surface area (Å²) < 4.78 is 1.78. The van der Waals surface area contributed by atoms with Gasteiger partial charge >= 0.3 is 0 Å². The SMILES string of the molecule is Cc1ccccc1-n1nc(C(C)C)c(CCl)c1Cl. The summed E-state index contributed by atoms with van der Waals surface area (Å²) in [6.07, 6.45) is 0. The van der Waals surface area contributed by atoms with E-state index >= 15 is 0 Å². The maximum Gasteiger partial charge on any atom is 0.137 e. The zero-order valence-corrected chi connectivity index (χ0v) is 12.3. The maximum atomic E-state index is 6.40. The minimum Gasteiger partial charge on any atom is -0.221 e. The van der Waals surface area contributed by atoms with Crippen molar-refractivity contribution in [3.8, 4) is 5.69 Å². The lowest BCUT2D eigenvalue weighted by Crippen LogP contribution is -2.00. The second kappa shape index (κ2) is 5.33. The molecular weight excluding hydrogens is 267 g/mol. The average molecular weight is 283 g/mol. The highest BCUT2D eigenvalue weighted by Gasteiger charge is 2.19. The minimum atomic E-state index is 0.307. The first-order valence-corrected chi connectivity index (χ1v) is 6.86. The summed E-state index contributed by atoms with van der Waals surface area (Å²) in [5.41, 5.74) is 4.04. The van der Waals surface area contributed by atoms with Crippen LogP contribution < -0.4 is 0 Å². The Morgan fingerprint density at radius 1 is 1.28 bits per heavy atom. The van der Waals surface area contributed by atoms with Crippen molar-refractivity contribution in [2.45, 2.75) is 32.6 Å². The van der Waals surface area contributed by atoms with Gasteiger partial charge in [-0.15, -0.1) is 11.6 Å². The highest BCUT2D eigenvalue weighted by atomic mass is 35.5. The van der Waals surface area contributed by atoms with E-state index in [0.29, 0.717) is 17.0 Å². The summed E-state index contributed by atoms with van der Waals surface area (Å²) in [7, 11) is 0. The van der Waals surface area contributed by atoms with Crippen molar-refractivity contribution in [1.82, 2.24) is 9.78 Å². The molecule has 2 aromatic rings. The molecule has 0 aliphatic carbocycles. The number of alkyl halides is 1. The van der Waals surface area contributed by atoms with Crippen molar-refractivity contribution in [2.75, 3.05) is 0 Å². The lowest BCUT2D eigenvalue weighted by Gasteiger charge is -2.06. The molecule has 0 saturated carbocycles. The zero-order valence-electron chi connectivity index (χ0n) is 10.7. The lowest BCUT2D eigenvalue weighted by molar-refractivity contribution is 0.763. The molecule has 2 nitrogen and oxygen atoms in total. The molecule has 0 N–H and O–H groups in total. The van der Waals surface area contributed by atoms with Crippen molar-refractivity contribution in [1.29, 1.82) is 0 Å². The molecule has 1 heterocycles. The van der Waals surface area contributed by atoms with Gasteiger partial charge in [0.15, 0.2) is 0 Å². The number of nitrogens with zero attached hydrogens (tertiary/aromatic N) is 2. The van der Waals surface area contributed by atoms with Gasteiger partial charge in [0.25, 0.3) is 0 Å². The Hall–Kier alpha value is -0.990. The van der Waals surface area contributed by atoms with Crippen LogP contribution >= 0.6 is 23.2 Å². The Morgan fingerprint density at radius 3 is 2.44 bits per heavy atom. The van der Waals surface area contributed by atoms with Gasteiger partial charge in [0.2, 0.25) is 0 Å². The number of hydrogen-bond acceptors (Lipinski definition) is 1. The van der Waals surface area contributed by atoms with Crippen molar-refractivity contribution >= 4 is 23.2 Å². The Balaban J connectivity index is 2.63. The van der Waals surface area contributed by atoms with E-state index in [1.165, 1.54) is 0 Å². The number of aromatic nitrogens is 2. The predicted octanol–water partition coefficient (Wildman–Crippen LogP) is 4.70. The first-order chi connectivity index (χ1) is 8.56. The fourth-order valence-electron chi connectivity index (χ4n) is 1.99. The number of para-hydroxylation sites is 1. The first kappa shape index (κ1) is 13.4. The van der Waals surface area contributed by atoms with E-state index in [1.54, 1.807) is 4.68 Å². The third kappa shape index (κ3) is 2.27. The van der Waals surface area contributed by atoms with Gasteiger partial charge < -0.3 is 0 Å². The highest BCUT2D eigenvalue weighted by molar-refractivity contribution is 6.31. The number of halogens is 2. The van der Waals surface area contributed by atoms with E-state index in [1.807, 2.05) is 31.2 Å². The molecule has 96 valence electrons. The molecule has 1 aromatic heterocycles. The number of aryl methyl sites for hydroxylation is 1. The highest BCUT2D eigenvalue weighted by Crippen LogP contribution is 2.30. The molecule has 0 bridgehead atoms. The van der Waals surface area contributed by atoms with E-state index in [0.717, 1.165) is 22.5 Å². The summed E-state index contributed by atoms with van der Waals surface area (Å²) >= 11 is 12.4. The first-order valence-electron chi connectivity index (χ1n) is 5.95. The molecule has 0 atom stereocenters. The van der Waals surface area contributed by atoms with Crippen LogP contribution in [0.5, 0.6) is 0 Å². The molecule has 4 heteroatoms. The summed E-state index contributed by atoms with van der Waals surface area (Å²) in [5, 5.41) is 5.23. The molecule has 0 spiro atoms. The minimum absolute atomic E-state index is 0.307. The van der Waals surface area contributed by atoms with Crippen LogP contribution in [0.25, 0.3) is 5.69 Å². The summed E-state index contributed by atoms with van der Waals surface area (Å²) in [6.45, 7) is 6.23. The van der Waals surface area contributed by atoms with Crippen LogP contribution in [-0.4, -0.2) is 9.78 Å². The average Bonchev–Trinajstić information content (AvgIpc) is 2.67. The van der Waals surface area contributed by atoms with Crippen LogP contribution in [0.2, 0.25) is 5.15 Å². The van der Waals surface area contributed by atoms with E-state index < -0.39 is 0 Å². The van der Waals surface area contributed by atoms with Gasteiger partial charge in [0, 0.05) is 5.56 Å². The number of rotatable bonds is 3. The van der Waals surface area contributed by atoms with Gasteiger partial charge in [-0.2, -0.15) is 5.10 Å². The fraction of sp³-hybridized carbons (Fsp3) is 0.357. The Morgan fingerprint density at radius 2 is 1.94 bits per heavy atom. The number of benzene rings is 1. The Bertz CT molecular complexity index is 559. The van der Waals surface area contributed by atoms with Crippen LogP contribution in [0, 0.1) is 6.92 Å². The Labute approximate surface area is 118 Å². The van der Waals surface area contributed by atoms with Crippen LogP contribution in [-0.2, 0) is 5.88 Å². The van der Waals surface area contributed by atoms with Gasteiger partial charge in [0.05, 0.1) is 17.3 Å². The van der Waals surface area contributed by atoms with Crippen LogP contribution in [0.15, 0.2) is 24.3 Å². The quantitative estimate of drug-likeness (QED) is 0.747. The van der Waals surface area contributed by atoms with E-state index in [-0.39, 0.29) is 0 Å². The van der Waals surface area contributed by atoms with Gasteiger partial charge in [-0.25, -0.2) is 4.68 Å². The van der Waals surface area contributed by atoms with E-state index in [4.69, 9.17) is 23.2 Å². The molecule has 0 amide bonds. The van der Waals surface area contributed by atoms with E-state index in [9.17, 15) is 0 Å². The summed E-state index contributed by atoms with van der Waals surface area (Å²) in [4.78, 5) is 0. The van der Waals surface area contributed by atoms with Gasteiger partial charge in [-0.1, -0.05) is 43.6 Å². The molecule has 0 saturated heterocycles. The van der Waals surface area contributed by atoms with Crippen molar-refractivity contribution < 1.29 is 0 Å². The second-order valence-corrected chi connectivity index (χ2v) is 5.27. The van der Waals surface area contributed by atoms with Gasteiger partial charge in [0.1, 0.15) is 5.15 Å². The molecular formula is C14H16Cl2N2. The maximum absolute atomic E-state index is 6.40. The van der Waals surface area contributed by atoms with Crippen LogP contribution in [0.3, 0.4) is 0 Å². The fourth-order valence-corrected chi connectivity index (χ4v) is 2.62. The molecule has 0 radical (unpaired) electrons. The van der Waals surface area contributed by atoms with Crippen molar-refractivity contribution in [3.63, 3.8) is 0 Å². The van der Waals surface area contributed by atoms with Gasteiger partial charge in [-0.3, -0.25) is 0 Å². The molecule has 18 heavy (non-hydrogen) atoms. The largest absolute Gasteiger partial charge is 0.221 e. The second-order valence-electron chi connectivity index (χ2n) is 4.64. The molecule has 0 aliphatic heterocycles. The standard InChI is InChI=1S/C14H16Cl2N2/c1-9(2)13-11(8-15)14(16)18(17-13)12-7-5-4-6-10(12)3/h4-7,9H,8H2,1-3H3. The van der Waals surface area contributed by atoms with Crippen molar-refractivity contribution in [3.05, 3.63) is 46.2 Å². The zero-order chi connectivity index (χ0) is 13.3. The summed E-state index contributed by atoms with van der Waals surface area (Å²) in [5.74, 6) is 0.694.